The fraction of sp³-hybridized carbons (Fsp3) is 0.417. The van der Waals surface area contributed by atoms with Gasteiger partial charge in [-0.1, -0.05) is 17.7 Å². The maximum Gasteiger partial charge on any atom is 0.0737 e. The van der Waals surface area contributed by atoms with Crippen LogP contribution in [0.3, 0.4) is 0 Å². The lowest BCUT2D eigenvalue weighted by Crippen LogP contribution is -2.37. The molecule has 4 nitrogen and oxygen atoms in total. The van der Waals surface area contributed by atoms with Crippen LogP contribution in [-0.4, -0.2) is 28.6 Å². The molecule has 29 heavy (non-hydrogen) atoms. The molecule has 0 aliphatic heterocycles. The van der Waals surface area contributed by atoms with Gasteiger partial charge >= 0.3 is 0 Å². The third kappa shape index (κ3) is 5.46. The van der Waals surface area contributed by atoms with Crippen LogP contribution in [-0.2, 0) is 6.42 Å². The first-order valence-corrected chi connectivity index (χ1v) is 11.0. The molecule has 0 radical (unpaired) electrons. The van der Waals surface area contributed by atoms with Crippen LogP contribution in [0.5, 0.6) is 0 Å². The van der Waals surface area contributed by atoms with Crippen molar-refractivity contribution in [3.63, 3.8) is 0 Å². The summed E-state index contributed by atoms with van der Waals surface area (Å²) in [6, 6.07) is 15.4. The third-order valence-corrected chi connectivity index (χ3v) is 6.02. The van der Waals surface area contributed by atoms with Crippen LogP contribution in [0.2, 0.25) is 5.02 Å². The SMILES string of the molecule is Cc1cccc(CCCNC2CCC(Nc3ccnc4cc(Cl)ccc34)CC2)n1. The third-order valence-electron chi connectivity index (χ3n) is 5.78. The van der Waals surface area contributed by atoms with Gasteiger partial charge in [-0.15, -0.1) is 0 Å². The molecule has 5 heteroatoms. The van der Waals surface area contributed by atoms with Gasteiger partial charge in [-0.2, -0.15) is 0 Å². The molecule has 2 N–H and O–H groups in total. The molecule has 0 bridgehead atoms. The summed E-state index contributed by atoms with van der Waals surface area (Å²) in [5.74, 6) is 0. The van der Waals surface area contributed by atoms with E-state index in [1.54, 1.807) is 0 Å². The van der Waals surface area contributed by atoms with E-state index in [1.165, 1.54) is 31.4 Å². The minimum atomic E-state index is 0.519. The Labute approximate surface area is 178 Å². The van der Waals surface area contributed by atoms with E-state index in [9.17, 15) is 0 Å². The highest BCUT2D eigenvalue weighted by Crippen LogP contribution is 2.28. The fourth-order valence-electron chi connectivity index (χ4n) is 4.22. The Morgan fingerprint density at radius 3 is 2.69 bits per heavy atom. The van der Waals surface area contributed by atoms with E-state index in [2.05, 4.69) is 57.9 Å². The Hall–Kier alpha value is -2.17. The first kappa shape index (κ1) is 20.1. The predicted molar refractivity (Wildman–Crippen MR) is 122 cm³/mol. The zero-order chi connectivity index (χ0) is 20.1. The summed E-state index contributed by atoms with van der Waals surface area (Å²) in [4.78, 5) is 9.02. The van der Waals surface area contributed by atoms with E-state index in [4.69, 9.17) is 11.6 Å². The molecule has 1 aromatic carbocycles. The Morgan fingerprint density at radius 2 is 1.86 bits per heavy atom. The van der Waals surface area contributed by atoms with Crippen LogP contribution >= 0.6 is 11.6 Å². The van der Waals surface area contributed by atoms with Crippen molar-refractivity contribution in [3.05, 3.63) is 65.1 Å². The molecule has 3 aromatic rings. The summed E-state index contributed by atoms with van der Waals surface area (Å²) in [5, 5.41) is 9.35. The zero-order valence-corrected chi connectivity index (χ0v) is 17.8. The van der Waals surface area contributed by atoms with Gasteiger partial charge in [-0.25, -0.2) is 0 Å². The zero-order valence-electron chi connectivity index (χ0n) is 17.0. The Balaban J connectivity index is 1.22. The van der Waals surface area contributed by atoms with Gasteiger partial charge in [0.1, 0.15) is 0 Å². The Kier molecular flexibility index (Phi) is 6.63. The number of anilines is 1. The Morgan fingerprint density at radius 1 is 1.03 bits per heavy atom. The monoisotopic (exact) mass is 408 g/mol. The van der Waals surface area contributed by atoms with Crippen LogP contribution in [0.4, 0.5) is 5.69 Å². The normalized spacial score (nSPS) is 19.4. The maximum absolute atomic E-state index is 6.10. The van der Waals surface area contributed by atoms with Gasteiger partial charge in [0.05, 0.1) is 5.52 Å². The quantitative estimate of drug-likeness (QED) is 0.504. The average molecular weight is 409 g/mol. The highest BCUT2D eigenvalue weighted by molar-refractivity contribution is 6.31. The number of aromatic nitrogens is 2. The Bertz CT molecular complexity index is 951. The van der Waals surface area contributed by atoms with E-state index >= 15 is 0 Å². The summed E-state index contributed by atoms with van der Waals surface area (Å²) in [6.45, 7) is 3.12. The summed E-state index contributed by atoms with van der Waals surface area (Å²) < 4.78 is 0. The highest BCUT2D eigenvalue weighted by atomic mass is 35.5. The van der Waals surface area contributed by atoms with Crippen molar-refractivity contribution in [2.24, 2.45) is 0 Å². The summed E-state index contributed by atoms with van der Waals surface area (Å²) >= 11 is 6.10. The molecule has 0 saturated heterocycles. The molecule has 1 aliphatic carbocycles. The van der Waals surface area contributed by atoms with E-state index in [1.807, 2.05) is 18.3 Å². The highest BCUT2D eigenvalue weighted by Gasteiger charge is 2.21. The van der Waals surface area contributed by atoms with Crippen molar-refractivity contribution >= 4 is 28.2 Å². The van der Waals surface area contributed by atoms with Gasteiger partial charge in [0.15, 0.2) is 0 Å². The van der Waals surface area contributed by atoms with Crippen LogP contribution in [0.1, 0.15) is 43.5 Å². The van der Waals surface area contributed by atoms with Crippen LogP contribution in [0, 0.1) is 6.92 Å². The van der Waals surface area contributed by atoms with E-state index < -0.39 is 0 Å². The lowest BCUT2D eigenvalue weighted by Gasteiger charge is -2.30. The maximum atomic E-state index is 6.10. The van der Waals surface area contributed by atoms with Gasteiger partial charge in [0.25, 0.3) is 0 Å². The van der Waals surface area contributed by atoms with Crippen molar-refractivity contribution in [3.8, 4) is 0 Å². The van der Waals surface area contributed by atoms with Crippen molar-refractivity contribution in [2.75, 3.05) is 11.9 Å². The molecule has 1 saturated carbocycles. The minimum Gasteiger partial charge on any atom is -0.382 e. The molecular formula is C24H29ClN4. The molecule has 2 heterocycles. The number of halogens is 1. The first-order valence-electron chi connectivity index (χ1n) is 10.6. The number of benzene rings is 1. The second kappa shape index (κ2) is 9.55. The molecule has 4 rings (SSSR count). The van der Waals surface area contributed by atoms with E-state index in [0.29, 0.717) is 12.1 Å². The second-order valence-electron chi connectivity index (χ2n) is 8.04. The van der Waals surface area contributed by atoms with E-state index in [0.717, 1.165) is 46.7 Å². The molecule has 0 unspecified atom stereocenters. The molecule has 1 fully saturated rings. The fourth-order valence-corrected chi connectivity index (χ4v) is 4.39. The van der Waals surface area contributed by atoms with Gasteiger partial charge in [0.2, 0.25) is 0 Å². The number of nitrogens with one attached hydrogen (secondary N) is 2. The number of hydrogen-bond acceptors (Lipinski definition) is 4. The largest absolute Gasteiger partial charge is 0.382 e. The molecular weight excluding hydrogens is 380 g/mol. The standard InChI is InChI=1S/C24H29ClN4/c1-17-4-2-5-20(28-17)6-3-14-26-19-8-10-21(11-9-19)29-23-13-15-27-24-16-18(25)7-12-22(23)24/h2,4-5,7,12-13,15-16,19,21,26H,3,6,8-11,14H2,1H3,(H,27,29). The van der Waals surface area contributed by atoms with Crippen molar-refractivity contribution in [1.82, 2.24) is 15.3 Å². The van der Waals surface area contributed by atoms with Gasteiger partial charge in [-0.3, -0.25) is 9.97 Å². The van der Waals surface area contributed by atoms with Crippen molar-refractivity contribution in [1.29, 1.82) is 0 Å². The topological polar surface area (TPSA) is 49.8 Å². The van der Waals surface area contributed by atoms with Crippen LogP contribution < -0.4 is 10.6 Å². The number of pyridine rings is 2. The second-order valence-corrected chi connectivity index (χ2v) is 8.48. The van der Waals surface area contributed by atoms with Gasteiger partial charge in [0, 0.05) is 45.8 Å². The van der Waals surface area contributed by atoms with Crippen LogP contribution in [0.15, 0.2) is 48.7 Å². The molecule has 0 atom stereocenters. The van der Waals surface area contributed by atoms with E-state index in [-0.39, 0.29) is 0 Å². The van der Waals surface area contributed by atoms with Gasteiger partial charge in [-0.05, 0) is 88.4 Å². The smallest absolute Gasteiger partial charge is 0.0737 e. The molecule has 152 valence electrons. The lowest BCUT2D eigenvalue weighted by atomic mass is 9.90. The number of rotatable bonds is 7. The number of nitrogens with zero attached hydrogens (tertiary/aromatic N) is 2. The van der Waals surface area contributed by atoms with Crippen molar-refractivity contribution in [2.45, 2.75) is 57.5 Å². The predicted octanol–water partition coefficient (Wildman–Crippen LogP) is 5.54. The number of fused-ring (bicyclic) bond motifs is 1. The first-order chi connectivity index (χ1) is 14.2. The summed E-state index contributed by atoms with van der Waals surface area (Å²) in [5.41, 5.74) is 4.41. The van der Waals surface area contributed by atoms with Crippen molar-refractivity contribution < 1.29 is 0 Å². The summed E-state index contributed by atoms with van der Waals surface area (Å²) in [7, 11) is 0. The molecule has 1 aliphatic rings. The van der Waals surface area contributed by atoms with Gasteiger partial charge < -0.3 is 10.6 Å². The van der Waals surface area contributed by atoms with Crippen LogP contribution in [0.25, 0.3) is 10.9 Å². The molecule has 0 amide bonds. The molecule has 2 aromatic heterocycles. The minimum absolute atomic E-state index is 0.519. The summed E-state index contributed by atoms with van der Waals surface area (Å²) in [6.07, 6.45) is 8.86. The number of aryl methyl sites for hydroxylation is 2. The average Bonchev–Trinajstić information content (AvgIpc) is 2.72. The lowest BCUT2D eigenvalue weighted by molar-refractivity contribution is 0.353. The number of hydrogen-bond donors (Lipinski definition) is 2. The molecule has 0 spiro atoms.